The second-order valence-corrected chi connectivity index (χ2v) is 4.77. The zero-order valence-electron chi connectivity index (χ0n) is 12.0. The molecule has 2 aromatic carbocycles. The predicted octanol–water partition coefficient (Wildman–Crippen LogP) is 3.51. The lowest BCUT2D eigenvalue weighted by Crippen LogP contribution is -2.17. The maximum Gasteiger partial charge on any atom is 0.337 e. The van der Waals surface area contributed by atoms with Crippen molar-refractivity contribution < 1.29 is 14.7 Å². The highest BCUT2D eigenvalue weighted by atomic mass is 16.4. The van der Waals surface area contributed by atoms with E-state index in [4.69, 9.17) is 0 Å². The molecule has 0 saturated carbocycles. The summed E-state index contributed by atoms with van der Waals surface area (Å²) in [5.74, 6) is -1.35. The third kappa shape index (κ3) is 3.11. The van der Waals surface area contributed by atoms with Crippen LogP contribution in [-0.2, 0) is 6.42 Å². The SMILES string of the molecule is CCc1ccccc1C(=O)Nc1c(C)cccc1C(=O)O. The number of anilines is 1. The van der Waals surface area contributed by atoms with Gasteiger partial charge in [0.25, 0.3) is 5.91 Å². The second-order valence-electron chi connectivity index (χ2n) is 4.77. The highest BCUT2D eigenvalue weighted by molar-refractivity contribution is 6.09. The second kappa shape index (κ2) is 6.22. The molecule has 2 aromatic rings. The number of rotatable bonds is 4. The highest BCUT2D eigenvalue weighted by Gasteiger charge is 2.16. The fraction of sp³-hybridized carbons (Fsp3) is 0.176. The Morgan fingerprint density at radius 1 is 1.05 bits per heavy atom. The summed E-state index contributed by atoms with van der Waals surface area (Å²) in [4.78, 5) is 23.7. The molecule has 0 radical (unpaired) electrons. The van der Waals surface area contributed by atoms with Crippen LogP contribution in [0.1, 0.15) is 38.8 Å². The topological polar surface area (TPSA) is 66.4 Å². The first-order valence-corrected chi connectivity index (χ1v) is 6.76. The molecule has 21 heavy (non-hydrogen) atoms. The Hall–Kier alpha value is -2.62. The van der Waals surface area contributed by atoms with Gasteiger partial charge in [-0.15, -0.1) is 0 Å². The molecule has 0 aromatic heterocycles. The minimum atomic E-state index is -1.06. The Morgan fingerprint density at radius 3 is 2.38 bits per heavy atom. The number of hydrogen-bond acceptors (Lipinski definition) is 2. The first kappa shape index (κ1) is 14.8. The van der Waals surface area contributed by atoms with Crippen LogP contribution < -0.4 is 5.32 Å². The van der Waals surface area contributed by atoms with Crippen LogP contribution in [0, 0.1) is 6.92 Å². The van der Waals surface area contributed by atoms with Crippen LogP contribution in [0.15, 0.2) is 42.5 Å². The fourth-order valence-corrected chi connectivity index (χ4v) is 2.24. The molecule has 0 spiro atoms. The minimum Gasteiger partial charge on any atom is -0.478 e. The molecular weight excluding hydrogens is 266 g/mol. The van der Waals surface area contributed by atoms with E-state index in [-0.39, 0.29) is 11.5 Å². The number of carboxylic acids is 1. The Morgan fingerprint density at radius 2 is 1.71 bits per heavy atom. The van der Waals surface area contributed by atoms with Crippen LogP contribution in [0.4, 0.5) is 5.69 Å². The minimum absolute atomic E-state index is 0.0947. The summed E-state index contributed by atoms with van der Waals surface area (Å²) in [5.41, 5.74) is 2.66. The molecule has 0 heterocycles. The van der Waals surface area contributed by atoms with Gasteiger partial charge in [-0.1, -0.05) is 37.3 Å². The van der Waals surface area contributed by atoms with Crippen molar-refractivity contribution >= 4 is 17.6 Å². The molecule has 0 fully saturated rings. The van der Waals surface area contributed by atoms with Gasteiger partial charge < -0.3 is 10.4 Å². The number of nitrogens with one attached hydrogen (secondary N) is 1. The summed E-state index contributed by atoms with van der Waals surface area (Å²) in [6, 6.07) is 12.2. The number of benzene rings is 2. The van der Waals surface area contributed by atoms with Crippen LogP contribution in [0.5, 0.6) is 0 Å². The number of carbonyl (C=O) groups is 2. The largest absolute Gasteiger partial charge is 0.478 e. The smallest absolute Gasteiger partial charge is 0.337 e. The molecule has 4 nitrogen and oxygen atoms in total. The molecule has 2 rings (SSSR count). The summed E-state index contributed by atoms with van der Waals surface area (Å²) in [5, 5.41) is 12.0. The number of hydrogen-bond donors (Lipinski definition) is 2. The van der Waals surface area contributed by atoms with Gasteiger partial charge >= 0.3 is 5.97 Å². The summed E-state index contributed by atoms with van der Waals surface area (Å²) >= 11 is 0. The summed E-state index contributed by atoms with van der Waals surface area (Å²) in [6.45, 7) is 3.75. The number of aromatic carboxylic acids is 1. The average Bonchev–Trinajstić information content (AvgIpc) is 2.48. The van der Waals surface area contributed by atoms with E-state index in [9.17, 15) is 14.7 Å². The quantitative estimate of drug-likeness (QED) is 0.902. The maximum absolute atomic E-state index is 12.4. The lowest BCUT2D eigenvalue weighted by atomic mass is 10.0. The van der Waals surface area contributed by atoms with Crippen molar-refractivity contribution in [2.75, 3.05) is 5.32 Å². The third-order valence-electron chi connectivity index (χ3n) is 3.38. The highest BCUT2D eigenvalue weighted by Crippen LogP contribution is 2.22. The van der Waals surface area contributed by atoms with Gasteiger partial charge in [-0.05, 0) is 36.6 Å². The molecule has 2 N–H and O–H groups in total. The van der Waals surface area contributed by atoms with Crippen molar-refractivity contribution in [1.29, 1.82) is 0 Å². The Labute approximate surface area is 123 Å². The molecule has 0 bridgehead atoms. The Kier molecular flexibility index (Phi) is 4.38. The van der Waals surface area contributed by atoms with Gasteiger partial charge in [0.2, 0.25) is 0 Å². The summed E-state index contributed by atoms with van der Waals surface area (Å²) in [7, 11) is 0. The van der Waals surface area contributed by atoms with Crippen LogP contribution >= 0.6 is 0 Å². The molecule has 0 aliphatic heterocycles. The van der Waals surface area contributed by atoms with Crippen LogP contribution in [0.2, 0.25) is 0 Å². The van der Waals surface area contributed by atoms with Gasteiger partial charge in [-0.2, -0.15) is 0 Å². The van der Waals surface area contributed by atoms with E-state index >= 15 is 0 Å². The lowest BCUT2D eigenvalue weighted by Gasteiger charge is -2.13. The molecule has 0 aliphatic rings. The van der Waals surface area contributed by atoms with Crippen LogP contribution in [0.25, 0.3) is 0 Å². The van der Waals surface area contributed by atoms with Crippen molar-refractivity contribution in [3.63, 3.8) is 0 Å². The zero-order valence-corrected chi connectivity index (χ0v) is 12.0. The first-order chi connectivity index (χ1) is 10.0. The summed E-state index contributed by atoms with van der Waals surface area (Å²) < 4.78 is 0. The average molecular weight is 283 g/mol. The molecule has 0 unspecified atom stereocenters. The van der Waals surface area contributed by atoms with E-state index in [0.29, 0.717) is 11.3 Å². The van der Waals surface area contributed by atoms with Crippen LogP contribution in [-0.4, -0.2) is 17.0 Å². The molecule has 4 heteroatoms. The van der Waals surface area contributed by atoms with Gasteiger partial charge in [0.1, 0.15) is 0 Å². The van der Waals surface area contributed by atoms with Gasteiger partial charge in [0.05, 0.1) is 11.3 Å². The Balaban J connectivity index is 2.38. The van der Waals surface area contributed by atoms with Gasteiger partial charge in [-0.3, -0.25) is 4.79 Å². The van der Waals surface area contributed by atoms with Crippen molar-refractivity contribution in [1.82, 2.24) is 0 Å². The van der Waals surface area contributed by atoms with Gasteiger partial charge in [-0.25, -0.2) is 4.79 Å². The van der Waals surface area contributed by atoms with E-state index < -0.39 is 5.97 Å². The van der Waals surface area contributed by atoms with E-state index in [1.54, 1.807) is 31.2 Å². The Bertz CT molecular complexity index is 692. The molecule has 0 aliphatic carbocycles. The molecule has 0 saturated heterocycles. The monoisotopic (exact) mass is 283 g/mol. The standard InChI is InChI=1S/C17H17NO3/c1-3-12-8-4-5-9-13(12)16(19)18-15-11(2)7-6-10-14(15)17(20)21/h4-10H,3H2,1-2H3,(H,18,19)(H,20,21). The lowest BCUT2D eigenvalue weighted by molar-refractivity contribution is 0.0698. The van der Waals surface area contributed by atoms with Crippen LogP contribution in [0.3, 0.4) is 0 Å². The number of carboxylic acid groups (broad SMARTS) is 1. The number of carbonyl (C=O) groups excluding carboxylic acids is 1. The predicted molar refractivity (Wildman–Crippen MR) is 81.9 cm³/mol. The van der Waals surface area contributed by atoms with Crippen molar-refractivity contribution in [2.24, 2.45) is 0 Å². The number of aryl methyl sites for hydroxylation is 2. The van der Waals surface area contributed by atoms with E-state index in [1.165, 1.54) is 6.07 Å². The van der Waals surface area contributed by atoms with Gasteiger partial charge in [0.15, 0.2) is 0 Å². The van der Waals surface area contributed by atoms with E-state index in [0.717, 1.165) is 17.5 Å². The fourth-order valence-electron chi connectivity index (χ4n) is 2.24. The van der Waals surface area contributed by atoms with Gasteiger partial charge in [0, 0.05) is 5.56 Å². The van der Waals surface area contributed by atoms with Crippen molar-refractivity contribution in [3.8, 4) is 0 Å². The first-order valence-electron chi connectivity index (χ1n) is 6.76. The molecule has 1 amide bonds. The molecular formula is C17H17NO3. The molecule has 108 valence electrons. The van der Waals surface area contributed by atoms with Crippen molar-refractivity contribution in [3.05, 3.63) is 64.7 Å². The maximum atomic E-state index is 12.4. The number of amides is 1. The number of para-hydroxylation sites is 1. The third-order valence-corrected chi connectivity index (χ3v) is 3.38. The van der Waals surface area contributed by atoms with Crippen molar-refractivity contribution in [2.45, 2.75) is 20.3 Å². The van der Waals surface area contributed by atoms with E-state index in [1.807, 2.05) is 19.1 Å². The molecule has 0 atom stereocenters. The zero-order chi connectivity index (χ0) is 15.4. The summed E-state index contributed by atoms with van der Waals surface area (Å²) in [6.07, 6.45) is 0.739. The van der Waals surface area contributed by atoms with E-state index in [2.05, 4.69) is 5.32 Å². The normalized spacial score (nSPS) is 10.2.